The first-order chi connectivity index (χ1) is 5.33. The highest BCUT2D eigenvalue weighted by Crippen LogP contribution is 2.09. The second-order valence-corrected chi connectivity index (χ2v) is 2.28. The molecule has 1 aromatic rings. The standard InChI is InChI=1S/C9H12NO/c1-8(10-2)11-9-6-4-3-5-7-9/h3-8,10H,2H2,1H3. The molecule has 0 spiro atoms. The van der Waals surface area contributed by atoms with Gasteiger partial charge in [0.25, 0.3) is 0 Å². The molecule has 0 aliphatic rings. The predicted octanol–water partition coefficient (Wildman–Crippen LogP) is 1.79. The first-order valence-corrected chi connectivity index (χ1v) is 3.57. The van der Waals surface area contributed by atoms with Gasteiger partial charge in [0.2, 0.25) is 0 Å². The van der Waals surface area contributed by atoms with Gasteiger partial charge in [-0.3, -0.25) is 5.32 Å². The van der Waals surface area contributed by atoms with E-state index in [1.807, 2.05) is 37.3 Å². The quantitative estimate of drug-likeness (QED) is 0.663. The molecule has 2 nitrogen and oxygen atoms in total. The summed E-state index contributed by atoms with van der Waals surface area (Å²) < 4.78 is 5.39. The third-order valence-electron chi connectivity index (χ3n) is 1.34. The minimum Gasteiger partial charge on any atom is -0.476 e. The molecule has 0 saturated heterocycles. The van der Waals surface area contributed by atoms with Gasteiger partial charge in [-0.25, -0.2) is 0 Å². The molecule has 11 heavy (non-hydrogen) atoms. The van der Waals surface area contributed by atoms with Gasteiger partial charge in [0, 0.05) is 7.05 Å². The van der Waals surface area contributed by atoms with Crippen LogP contribution >= 0.6 is 0 Å². The van der Waals surface area contributed by atoms with Crippen molar-refractivity contribution in [1.29, 1.82) is 0 Å². The maximum atomic E-state index is 5.39. The third kappa shape index (κ3) is 2.60. The van der Waals surface area contributed by atoms with Gasteiger partial charge < -0.3 is 4.74 Å². The molecule has 1 unspecified atom stereocenters. The highest BCUT2D eigenvalue weighted by molar-refractivity contribution is 5.21. The fourth-order valence-electron chi connectivity index (χ4n) is 0.745. The van der Waals surface area contributed by atoms with Crippen LogP contribution in [0, 0.1) is 7.05 Å². The van der Waals surface area contributed by atoms with Crippen molar-refractivity contribution >= 4 is 0 Å². The fourth-order valence-corrected chi connectivity index (χ4v) is 0.745. The zero-order valence-electron chi connectivity index (χ0n) is 6.58. The summed E-state index contributed by atoms with van der Waals surface area (Å²) in [6.07, 6.45) is -0.0441. The van der Waals surface area contributed by atoms with Crippen LogP contribution in [0.25, 0.3) is 0 Å². The van der Waals surface area contributed by atoms with Gasteiger partial charge in [-0.05, 0) is 19.1 Å². The van der Waals surface area contributed by atoms with E-state index in [2.05, 4.69) is 12.4 Å². The molecule has 0 amide bonds. The van der Waals surface area contributed by atoms with Crippen LogP contribution in [0.2, 0.25) is 0 Å². The molecule has 1 radical (unpaired) electrons. The molecule has 0 bridgehead atoms. The van der Waals surface area contributed by atoms with Crippen molar-refractivity contribution < 1.29 is 4.74 Å². The van der Waals surface area contributed by atoms with Crippen molar-refractivity contribution in [2.75, 3.05) is 0 Å². The Morgan fingerprint density at radius 1 is 1.36 bits per heavy atom. The van der Waals surface area contributed by atoms with E-state index in [-0.39, 0.29) is 6.23 Å². The van der Waals surface area contributed by atoms with Crippen LogP contribution in [-0.2, 0) is 0 Å². The SMILES string of the molecule is [CH2]NC(C)Oc1ccccc1. The lowest BCUT2D eigenvalue weighted by Gasteiger charge is -2.12. The van der Waals surface area contributed by atoms with Crippen LogP contribution in [0.1, 0.15) is 6.92 Å². The van der Waals surface area contributed by atoms with Gasteiger partial charge in [-0.2, -0.15) is 0 Å². The van der Waals surface area contributed by atoms with Crippen molar-refractivity contribution in [3.8, 4) is 5.75 Å². The highest BCUT2D eigenvalue weighted by Gasteiger charge is 1.97. The topological polar surface area (TPSA) is 21.3 Å². The summed E-state index contributed by atoms with van der Waals surface area (Å²) in [5.41, 5.74) is 0. The summed E-state index contributed by atoms with van der Waals surface area (Å²) in [4.78, 5) is 0. The Hall–Kier alpha value is -1.02. The highest BCUT2D eigenvalue weighted by atomic mass is 16.5. The van der Waals surface area contributed by atoms with Crippen molar-refractivity contribution in [2.45, 2.75) is 13.2 Å². The Balaban J connectivity index is 2.51. The normalized spacial score (nSPS) is 12.5. The van der Waals surface area contributed by atoms with Crippen molar-refractivity contribution in [3.05, 3.63) is 37.4 Å². The van der Waals surface area contributed by atoms with Gasteiger partial charge in [0.05, 0.1) is 0 Å². The van der Waals surface area contributed by atoms with Crippen LogP contribution in [0.3, 0.4) is 0 Å². The fraction of sp³-hybridized carbons (Fsp3) is 0.222. The van der Waals surface area contributed by atoms with E-state index in [0.717, 1.165) is 5.75 Å². The molecule has 0 heterocycles. The Morgan fingerprint density at radius 3 is 2.55 bits per heavy atom. The van der Waals surface area contributed by atoms with Crippen LogP contribution in [0.15, 0.2) is 30.3 Å². The lowest BCUT2D eigenvalue weighted by molar-refractivity contribution is 0.199. The summed E-state index contributed by atoms with van der Waals surface area (Å²) in [6, 6.07) is 9.65. The minimum absolute atomic E-state index is 0.0441. The van der Waals surface area contributed by atoms with Crippen molar-refractivity contribution in [3.63, 3.8) is 0 Å². The maximum Gasteiger partial charge on any atom is 0.147 e. The summed E-state index contributed by atoms with van der Waals surface area (Å²) >= 11 is 0. The second-order valence-electron chi connectivity index (χ2n) is 2.28. The number of para-hydroxylation sites is 1. The van der Waals surface area contributed by atoms with E-state index >= 15 is 0 Å². The zero-order valence-corrected chi connectivity index (χ0v) is 6.58. The molecule has 1 aromatic carbocycles. The number of hydrogen-bond donors (Lipinski definition) is 1. The first-order valence-electron chi connectivity index (χ1n) is 3.57. The van der Waals surface area contributed by atoms with Crippen LogP contribution in [0.4, 0.5) is 0 Å². The molecule has 0 saturated carbocycles. The monoisotopic (exact) mass is 150 g/mol. The van der Waals surface area contributed by atoms with E-state index in [0.29, 0.717) is 0 Å². The lowest BCUT2D eigenvalue weighted by Crippen LogP contribution is -2.25. The Labute approximate surface area is 67.2 Å². The number of ether oxygens (including phenoxy) is 1. The van der Waals surface area contributed by atoms with Gasteiger partial charge in [-0.1, -0.05) is 18.2 Å². The summed E-state index contributed by atoms with van der Waals surface area (Å²) in [7, 11) is 3.51. The van der Waals surface area contributed by atoms with Crippen LogP contribution in [-0.4, -0.2) is 6.23 Å². The van der Waals surface area contributed by atoms with Crippen molar-refractivity contribution in [2.24, 2.45) is 0 Å². The Morgan fingerprint density at radius 2 is 2.00 bits per heavy atom. The number of benzene rings is 1. The van der Waals surface area contributed by atoms with E-state index in [9.17, 15) is 0 Å². The second kappa shape index (κ2) is 3.98. The third-order valence-corrected chi connectivity index (χ3v) is 1.34. The molecule has 1 rings (SSSR count). The molecule has 2 heteroatoms. The van der Waals surface area contributed by atoms with E-state index < -0.39 is 0 Å². The molecule has 1 N–H and O–H groups in total. The maximum absolute atomic E-state index is 5.39. The van der Waals surface area contributed by atoms with Crippen molar-refractivity contribution in [1.82, 2.24) is 5.32 Å². The molecule has 0 fully saturated rings. The van der Waals surface area contributed by atoms with Gasteiger partial charge in [-0.15, -0.1) is 0 Å². The molecule has 0 aromatic heterocycles. The van der Waals surface area contributed by atoms with Crippen LogP contribution < -0.4 is 10.1 Å². The summed E-state index contributed by atoms with van der Waals surface area (Å²) in [5, 5.41) is 2.74. The Bertz CT molecular complexity index is 198. The van der Waals surface area contributed by atoms with E-state index in [4.69, 9.17) is 4.74 Å². The first kappa shape index (κ1) is 8.08. The molecule has 0 aliphatic heterocycles. The van der Waals surface area contributed by atoms with Crippen LogP contribution in [0.5, 0.6) is 5.75 Å². The number of hydrogen-bond acceptors (Lipinski definition) is 2. The van der Waals surface area contributed by atoms with Gasteiger partial charge in [0.1, 0.15) is 12.0 Å². The summed E-state index contributed by atoms with van der Waals surface area (Å²) in [5.74, 6) is 0.858. The molecule has 0 aliphatic carbocycles. The predicted molar refractivity (Wildman–Crippen MR) is 45.0 cm³/mol. The average Bonchev–Trinajstić information content (AvgIpc) is 2.06. The smallest absolute Gasteiger partial charge is 0.147 e. The summed E-state index contributed by atoms with van der Waals surface area (Å²) in [6.45, 7) is 1.90. The minimum atomic E-state index is -0.0441. The van der Waals surface area contributed by atoms with E-state index in [1.165, 1.54) is 0 Å². The lowest BCUT2D eigenvalue weighted by atomic mass is 10.3. The number of rotatable bonds is 3. The molecular formula is C9H12NO. The number of nitrogens with one attached hydrogen (secondary N) is 1. The van der Waals surface area contributed by atoms with Gasteiger partial charge >= 0.3 is 0 Å². The zero-order chi connectivity index (χ0) is 8.10. The Kier molecular flexibility index (Phi) is 2.93. The van der Waals surface area contributed by atoms with Gasteiger partial charge in [0.15, 0.2) is 0 Å². The average molecular weight is 150 g/mol. The van der Waals surface area contributed by atoms with E-state index in [1.54, 1.807) is 0 Å². The molecule has 1 atom stereocenters. The largest absolute Gasteiger partial charge is 0.476 e. The molecule has 59 valence electrons. The molecular weight excluding hydrogens is 138 g/mol.